The summed E-state index contributed by atoms with van der Waals surface area (Å²) in [5.41, 5.74) is 10.5. The Hall–Kier alpha value is -1.81. The molecule has 2 aromatic rings. The van der Waals surface area contributed by atoms with Crippen molar-refractivity contribution in [2.24, 2.45) is 5.73 Å². The molecule has 1 aromatic carbocycles. The number of rotatable bonds is 5. The van der Waals surface area contributed by atoms with Crippen LogP contribution in [-0.4, -0.2) is 23.5 Å². The van der Waals surface area contributed by atoms with Crippen LogP contribution in [0.25, 0.3) is 10.9 Å². The normalized spacial score (nSPS) is 17.5. The van der Waals surface area contributed by atoms with Gasteiger partial charge in [0, 0.05) is 34.7 Å². The molecule has 1 aliphatic rings. The van der Waals surface area contributed by atoms with Crippen LogP contribution < -0.4 is 11.1 Å². The molecule has 0 aliphatic heterocycles. The van der Waals surface area contributed by atoms with E-state index in [1.165, 1.54) is 11.3 Å². The predicted octanol–water partition coefficient (Wildman–Crippen LogP) is 2.90. The number of aromatic amines is 1. The third-order valence-electron chi connectivity index (χ3n) is 4.55. The molecule has 3 rings (SSSR count). The zero-order chi connectivity index (χ0) is 15.5. The van der Waals surface area contributed by atoms with Crippen molar-refractivity contribution in [1.82, 2.24) is 10.3 Å². The summed E-state index contributed by atoms with van der Waals surface area (Å²) in [6.07, 6.45) is 6.30. The molecule has 1 heterocycles. The Labute approximate surface area is 131 Å². The minimum Gasteiger partial charge on any atom is -0.358 e. The molecule has 1 atom stereocenters. The largest absolute Gasteiger partial charge is 0.358 e. The first-order valence-electron chi connectivity index (χ1n) is 8.36. The highest BCUT2D eigenvalue weighted by molar-refractivity contribution is 5.99. The van der Waals surface area contributed by atoms with Crippen molar-refractivity contribution in [1.29, 1.82) is 0 Å². The molecular formula is C18H25N3O. The maximum Gasteiger partial charge on any atom is 0.251 e. The van der Waals surface area contributed by atoms with Crippen LogP contribution in [0.4, 0.5) is 0 Å². The lowest BCUT2D eigenvalue weighted by Gasteiger charge is -2.18. The SMILES string of the molecule is CCCCCNC(=O)c1ccc2[nH]c3c(c2c1)CC(N)CC3. The van der Waals surface area contributed by atoms with Crippen molar-refractivity contribution < 1.29 is 4.79 Å². The van der Waals surface area contributed by atoms with Gasteiger partial charge in [0.25, 0.3) is 5.91 Å². The molecule has 4 nitrogen and oxygen atoms in total. The molecule has 1 unspecified atom stereocenters. The van der Waals surface area contributed by atoms with Crippen molar-refractivity contribution >= 4 is 16.8 Å². The first kappa shape index (κ1) is 15.1. The van der Waals surface area contributed by atoms with Crippen LogP contribution in [0.1, 0.15) is 54.2 Å². The summed E-state index contributed by atoms with van der Waals surface area (Å²) < 4.78 is 0. The number of nitrogens with two attached hydrogens (primary N) is 1. The van der Waals surface area contributed by atoms with Crippen LogP contribution in [0, 0.1) is 0 Å². The van der Waals surface area contributed by atoms with E-state index in [9.17, 15) is 4.79 Å². The number of fused-ring (bicyclic) bond motifs is 3. The Morgan fingerprint density at radius 2 is 2.27 bits per heavy atom. The van der Waals surface area contributed by atoms with Gasteiger partial charge in [-0.1, -0.05) is 19.8 Å². The monoisotopic (exact) mass is 299 g/mol. The van der Waals surface area contributed by atoms with Crippen molar-refractivity contribution in [3.8, 4) is 0 Å². The second-order valence-corrected chi connectivity index (χ2v) is 6.31. The van der Waals surface area contributed by atoms with Gasteiger partial charge in [-0.15, -0.1) is 0 Å². The van der Waals surface area contributed by atoms with Crippen LogP contribution in [0.5, 0.6) is 0 Å². The number of aromatic nitrogens is 1. The molecule has 0 fully saturated rings. The zero-order valence-corrected chi connectivity index (χ0v) is 13.2. The van der Waals surface area contributed by atoms with Crippen molar-refractivity contribution in [2.75, 3.05) is 6.54 Å². The molecule has 1 aromatic heterocycles. The highest BCUT2D eigenvalue weighted by Crippen LogP contribution is 2.29. The number of carbonyl (C=O) groups is 1. The van der Waals surface area contributed by atoms with E-state index in [1.807, 2.05) is 18.2 Å². The fraction of sp³-hybridized carbons (Fsp3) is 0.500. The maximum atomic E-state index is 12.3. The average molecular weight is 299 g/mol. The van der Waals surface area contributed by atoms with Gasteiger partial charge < -0.3 is 16.0 Å². The Morgan fingerprint density at radius 1 is 1.41 bits per heavy atom. The molecule has 0 saturated carbocycles. The lowest BCUT2D eigenvalue weighted by molar-refractivity contribution is 0.0953. The number of H-pyrrole nitrogens is 1. The molecule has 0 spiro atoms. The average Bonchev–Trinajstić information content (AvgIpc) is 2.88. The van der Waals surface area contributed by atoms with E-state index in [-0.39, 0.29) is 11.9 Å². The number of carbonyl (C=O) groups excluding carboxylic acids is 1. The topological polar surface area (TPSA) is 70.9 Å². The summed E-state index contributed by atoms with van der Waals surface area (Å²) in [5.74, 6) is 0.0214. The smallest absolute Gasteiger partial charge is 0.251 e. The third kappa shape index (κ3) is 3.02. The summed E-state index contributed by atoms with van der Waals surface area (Å²) in [6, 6.07) is 6.16. The number of benzene rings is 1. The molecular weight excluding hydrogens is 274 g/mol. The number of hydrogen-bond acceptors (Lipinski definition) is 2. The van der Waals surface area contributed by atoms with Crippen molar-refractivity contribution in [2.45, 2.75) is 51.5 Å². The Morgan fingerprint density at radius 3 is 3.09 bits per heavy atom. The van der Waals surface area contributed by atoms with Gasteiger partial charge in [0.2, 0.25) is 0 Å². The van der Waals surface area contributed by atoms with E-state index in [0.29, 0.717) is 0 Å². The van der Waals surface area contributed by atoms with Crippen LogP contribution in [0.2, 0.25) is 0 Å². The first-order valence-corrected chi connectivity index (χ1v) is 8.36. The summed E-state index contributed by atoms with van der Waals surface area (Å²) in [4.78, 5) is 15.7. The van der Waals surface area contributed by atoms with Gasteiger partial charge in [0.1, 0.15) is 0 Å². The Kier molecular flexibility index (Phi) is 4.48. The van der Waals surface area contributed by atoms with Crippen LogP contribution in [0.15, 0.2) is 18.2 Å². The lowest BCUT2D eigenvalue weighted by atomic mass is 9.92. The third-order valence-corrected chi connectivity index (χ3v) is 4.55. The molecule has 4 N–H and O–H groups in total. The fourth-order valence-electron chi connectivity index (χ4n) is 3.26. The number of amides is 1. The van der Waals surface area contributed by atoms with E-state index >= 15 is 0 Å². The van der Waals surface area contributed by atoms with E-state index in [4.69, 9.17) is 5.73 Å². The first-order chi connectivity index (χ1) is 10.7. The molecule has 118 valence electrons. The second-order valence-electron chi connectivity index (χ2n) is 6.31. The number of unbranched alkanes of at least 4 members (excludes halogenated alkanes) is 2. The van der Waals surface area contributed by atoms with Crippen LogP contribution >= 0.6 is 0 Å². The lowest BCUT2D eigenvalue weighted by Crippen LogP contribution is -2.27. The van der Waals surface area contributed by atoms with Gasteiger partial charge in [0.05, 0.1) is 0 Å². The van der Waals surface area contributed by atoms with Gasteiger partial charge >= 0.3 is 0 Å². The minimum atomic E-state index is 0.0214. The van der Waals surface area contributed by atoms with E-state index in [2.05, 4.69) is 17.2 Å². The fourth-order valence-corrected chi connectivity index (χ4v) is 3.26. The van der Waals surface area contributed by atoms with Crippen molar-refractivity contribution in [3.05, 3.63) is 35.0 Å². The zero-order valence-electron chi connectivity index (χ0n) is 13.2. The molecule has 0 saturated heterocycles. The van der Waals surface area contributed by atoms with Gasteiger partial charge in [-0.2, -0.15) is 0 Å². The highest BCUT2D eigenvalue weighted by Gasteiger charge is 2.20. The number of hydrogen-bond donors (Lipinski definition) is 3. The van der Waals surface area contributed by atoms with E-state index < -0.39 is 0 Å². The number of nitrogens with one attached hydrogen (secondary N) is 2. The molecule has 1 aliphatic carbocycles. The van der Waals surface area contributed by atoms with E-state index in [1.54, 1.807) is 0 Å². The Bertz CT molecular complexity index is 674. The minimum absolute atomic E-state index is 0.0214. The van der Waals surface area contributed by atoms with Crippen LogP contribution in [-0.2, 0) is 12.8 Å². The van der Waals surface area contributed by atoms with Crippen molar-refractivity contribution in [3.63, 3.8) is 0 Å². The summed E-state index contributed by atoms with van der Waals surface area (Å²) in [5, 5.41) is 4.16. The summed E-state index contributed by atoms with van der Waals surface area (Å²) in [7, 11) is 0. The molecule has 0 radical (unpaired) electrons. The van der Waals surface area contributed by atoms with Gasteiger partial charge in [-0.3, -0.25) is 4.79 Å². The Balaban J connectivity index is 1.80. The number of aryl methyl sites for hydroxylation is 1. The van der Waals surface area contributed by atoms with E-state index in [0.717, 1.165) is 61.5 Å². The molecule has 1 amide bonds. The summed E-state index contributed by atoms with van der Waals surface area (Å²) >= 11 is 0. The molecule has 4 heteroatoms. The quantitative estimate of drug-likeness (QED) is 0.743. The van der Waals surface area contributed by atoms with Gasteiger partial charge in [0.15, 0.2) is 0 Å². The second kappa shape index (κ2) is 6.53. The van der Waals surface area contributed by atoms with Gasteiger partial charge in [-0.25, -0.2) is 0 Å². The maximum absolute atomic E-state index is 12.3. The van der Waals surface area contributed by atoms with Crippen LogP contribution in [0.3, 0.4) is 0 Å². The van der Waals surface area contributed by atoms with Gasteiger partial charge in [-0.05, 0) is 49.4 Å². The molecule has 22 heavy (non-hydrogen) atoms. The predicted molar refractivity (Wildman–Crippen MR) is 90.2 cm³/mol. The highest BCUT2D eigenvalue weighted by atomic mass is 16.1. The summed E-state index contributed by atoms with van der Waals surface area (Å²) in [6.45, 7) is 2.91. The molecule has 0 bridgehead atoms. The standard InChI is InChI=1S/C18H25N3O/c1-2-3-4-9-20-18(22)12-5-7-16-14(10-12)15-11-13(19)6-8-17(15)21-16/h5,7,10,13,21H,2-4,6,8-9,11,19H2,1H3,(H,20,22).